The van der Waals surface area contributed by atoms with Gasteiger partial charge in [0.25, 0.3) is 0 Å². The summed E-state index contributed by atoms with van der Waals surface area (Å²) in [5.74, 6) is -1.50. The second-order valence-electron chi connectivity index (χ2n) is 20.8. The van der Waals surface area contributed by atoms with Crippen LogP contribution in [0.1, 0.15) is 98.2 Å². The molecule has 0 saturated heterocycles. The average Bonchev–Trinajstić information content (AvgIpc) is 4.10. The maximum Gasteiger partial charge on any atom is 0.328 e. The fourth-order valence-electron chi connectivity index (χ4n) is 16.5. The van der Waals surface area contributed by atoms with Crippen molar-refractivity contribution in [2.75, 3.05) is 13.2 Å². The Morgan fingerprint density at radius 1 is 0.523 bits per heavy atom. The minimum Gasteiger partial charge on any atom is -0.464 e. The molecule has 65 heavy (non-hydrogen) atoms. The van der Waals surface area contributed by atoms with Crippen LogP contribution >= 0.6 is 0 Å². The van der Waals surface area contributed by atoms with Crippen LogP contribution in [-0.2, 0) is 53.3 Å². The molecule has 17 rings (SSSR count). The third-order valence-corrected chi connectivity index (χ3v) is 18.0. The van der Waals surface area contributed by atoms with E-state index < -0.39 is 24.0 Å². The Morgan fingerprint density at radius 2 is 0.954 bits per heavy atom. The molecule has 2 amide bonds. The SMILES string of the molecule is CCOC(=O)C(CC1=C(CC(NC(C)=O)C(=O)OCC)CC23Cc4cc5cc6c7c8c(cc9cc%10c%11c%12c(cc(c%13c%14c2c4c2c5c7c4c2c%14c(c%13%12)c2c%11c9c8c24)C3C1)C%10)C6)NC(C)=O. The van der Waals surface area contributed by atoms with E-state index in [4.69, 9.17) is 9.47 Å². The summed E-state index contributed by atoms with van der Waals surface area (Å²) in [5.41, 5.74) is 11.8. The molecular formula is C57H40N2O6. The molecule has 2 N–H and O–H groups in total. The predicted octanol–water partition coefficient (Wildman–Crippen LogP) is 10.6. The van der Waals surface area contributed by atoms with Crippen LogP contribution in [0.4, 0.5) is 0 Å². The molecule has 314 valence electrons. The van der Waals surface area contributed by atoms with Crippen molar-refractivity contribution in [1.29, 1.82) is 0 Å². The number of benzene rings is 9. The van der Waals surface area contributed by atoms with Gasteiger partial charge in [0.1, 0.15) is 12.1 Å². The van der Waals surface area contributed by atoms with Gasteiger partial charge in [0.15, 0.2) is 0 Å². The van der Waals surface area contributed by atoms with E-state index in [1.165, 1.54) is 171 Å². The Hall–Kier alpha value is -6.80. The highest BCUT2D eigenvalue weighted by Crippen LogP contribution is 2.72. The first-order chi connectivity index (χ1) is 31.6. The number of nitrogens with one attached hydrogen (secondary N) is 2. The quantitative estimate of drug-likeness (QED) is 0.0806. The third-order valence-electron chi connectivity index (χ3n) is 18.0. The van der Waals surface area contributed by atoms with Crippen LogP contribution in [0.5, 0.6) is 0 Å². The number of hydrogen-bond acceptors (Lipinski definition) is 6. The number of amides is 2. The molecule has 4 atom stereocenters. The number of hydrogen-bond donors (Lipinski definition) is 2. The summed E-state index contributed by atoms with van der Waals surface area (Å²) in [6.07, 6.45) is 4.52. The van der Waals surface area contributed by atoms with Crippen molar-refractivity contribution in [2.24, 2.45) is 0 Å². The van der Waals surface area contributed by atoms with Crippen molar-refractivity contribution in [3.05, 3.63) is 80.4 Å². The number of esters is 2. The molecule has 0 heterocycles. The van der Waals surface area contributed by atoms with Gasteiger partial charge in [0.05, 0.1) is 13.2 Å². The predicted molar refractivity (Wildman–Crippen MR) is 256 cm³/mol. The lowest BCUT2D eigenvalue weighted by molar-refractivity contribution is -0.147. The summed E-state index contributed by atoms with van der Waals surface area (Å²) < 4.78 is 11.2. The zero-order chi connectivity index (χ0) is 43.2. The lowest BCUT2D eigenvalue weighted by atomic mass is 9.55. The van der Waals surface area contributed by atoms with Crippen LogP contribution in [0.3, 0.4) is 0 Å². The molecule has 0 aromatic heterocycles. The minimum atomic E-state index is -0.908. The van der Waals surface area contributed by atoms with Gasteiger partial charge in [-0.3, -0.25) is 9.59 Å². The first-order valence-corrected chi connectivity index (χ1v) is 23.7. The maximum atomic E-state index is 13.8. The first kappa shape index (κ1) is 34.6. The van der Waals surface area contributed by atoms with Crippen molar-refractivity contribution in [1.82, 2.24) is 10.6 Å². The van der Waals surface area contributed by atoms with Gasteiger partial charge in [-0.15, -0.1) is 0 Å². The van der Waals surface area contributed by atoms with E-state index in [2.05, 4.69) is 41.0 Å². The largest absolute Gasteiger partial charge is 0.464 e. The van der Waals surface area contributed by atoms with Crippen LogP contribution in [0, 0.1) is 0 Å². The molecule has 12 aromatic rings. The van der Waals surface area contributed by atoms with Crippen molar-refractivity contribution in [3.8, 4) is 0 Å². The van der Waals surface area contributed by atoms with E-state index in [9.17, 15) is 19.2 Å². The molecule has 0 radical (unpaired) electrons. The van der Waals surface area contributed by atoms with Crippen molar-refractivity contribution in [2.45, 2.75) is 96.1 Å². The lowest BCUT2D eigenvalue weighted by Gasteiger charge is -2.48. The number of rotatable bonds is 10. The van der Waals surface area contributed by atoms with Gasteiger partial charge in [0, 0.05) is 19.3 Å². The number of carbonyl (C=O) groups excluding carboxylic acids is 4. The Kier molecular flexibility index (Phi) is 5.58. The van der Waals surface area contributed by atoms with Gasteiger partial charge in [-0.1, -0.05) is 41.5 Å². The van der Waals surface area contributed by atoms with Gasteiger partial charge in [-0.05, 0) is 222 Å². The molecule has 0 bridgehead atoms. The highest BCUT2D eigenvalue weighted by atomic mass is 16.5. The highest BCUT2D eigenvalue weighted by Gasteiger charge is 2.56. The first-order valence-electron chi connectivity index (χ1n) is 23.7. The second kappa shape index (κ2) is 10.5. The van der Waals surface area contributed by atoms with E-state index >= 15 is 0 Å². The molecule has 0 saturated carbocycles. The summed E-state index contributed by atoms with van der Waals surface area (Å²) in [5, 5.41) is 38.1. The minimum absolute atomic E-state index is 0.0612. The molecule has 0 aliphatic heterocycles. The Bertz CT molecular complexity index is 4310. The smallest absolute Gasteiger partial charge is 0.328 e. The molecule has 5 aliphatic rings. The van der Waals surface area contributed by atoms with Crippen molar-refractivity contribution in [3.63, 3.8) is 0 Å². The summed E-state index contributed by atoms with van der Waals surface area (Å²) in [6, 6.07) is 11.0. The Balaban J connectivity index is 1.03. The molecule has 4 unspecified atom stereocenters. The zero-order valence-electron chi connectivity index (χ0n) is 36.4. The number of fused-ring (bicyclic) bond motifs is 1. The number of ether oxygens (including phenoxy) is 2. The van der Waals surface area contributed by atoms with Crippen LogP contribution in [0.15, 0.2) is 41.5 Å². The second-order valence-corrected chi connectivity index (χ2v) is 20.8. The molecule has 1 spiro atoms. The van der Waals surface area contributed by atoms with Crippen molar-refractivity contribution < 1.29 is 28.7 Å². The van der Waals surface area contributed by atoms with Gasteiger partial charge in [-0.25, -0.2) is 9.59 Å². The van der Waals surface area contributed by atoms with E-state index in [1.54, 1.807) is 13.8 Å². The van der Waals surface area contributed by atoms with Crippen LogP contribution in [0.25, 0.3) is 118 Å². The monoisotopic (exact) mass is 848 g/mol. The summed E-state index contributed by atoms with van der Waals surface area (Å²) in [6.45, 7) is 6.82. The lowest BCUT2D eigenvalue weighted by Crippen LogP contribution is -2.45. The van der Waals surface area contributed by atoms with Crippen LogP contribution in [-0.4, -0.2) is 49.1 Å². The van der Waals surface area contributed by atoms with E-state index in [0.29, 0.717) is 12.8 Å². The highest BCUT2D eigenvalue weighted by molar-refractivity contribution is 6.65. The Labute approximate surface area is 369 Å². The van der Waals surface area contributed by atoms with E-state index in [-0.39, 0.29) is 49.2 Å². The molecule has 8 nitrogen and oxygen atoms in total. The Morgan fingerprint density at radius 3 is 1.46 bits per heavy atom. The maximum absolute atomic E-state index is 13.8. The zero-order valence-corrected chi connectivity index (χ0v) is 36.4. The molecule has 8 heteroatoms. The number of carbonyl (C=O) groups is 4. The van der Waals surface area contributed by atoms with Crippen LogP contribution in [0.2, 0.25) is 0 Å². The van der Waals surface area contributed by atoms with Crippen molar-refractivity contribution >= 4 is 142 Å². The molecule has 12 aromatic carbocycles. The standard InChI is InChI=1S/C57H40N2O6/c1-5-64-55(62)32(58-19(3)60)15-21-14-31-30-13-27-11-24-9-25-8-22-7-23-10-26-12-29-18-57(31,17-28(21)16-33(59-20(4)61)56(63)65-6-2)54-40(29)45-39(26)44-35(23)34(22)42-38(25)43-36(24)37(27)46-41(30)53(54)52-50(45)48(44)47(42)49(43)51(46)52/h8-10,12-13,31-33H,5-7,11,14-18H2,1-4H3,(H,58,60)(H,59,61). The average molecular weight is 849 g/mol. The van der Waals surface area contributed by atoms with Gasteiger partial charge in [-0.2, -0.15) is 0 Å². The molecule has 0 fully saturated rings. The van der Waals surface area contributed by atoms with Crippen LogP contribution < -0.4 is 10.6 Å². The van der Waals surface area contributed by atoms with Gasteiger partial charge in [0.2, 0.25) is 11.8 Å². The molecular weight excluding hydrogens is 809 g/mol. The summed E-state index contributed by atoms with van der Waals surface area (Å²) in [7, 11) is 0. The van der Waals surface area contributed by atoms with Gasteiger partial charge >= 0.3 is 11.9 Å². The fourth-order valence-corrected chi connectivity index (χ4v) is 16.5. The fraction of sp³-hybridized carbons (Fsp3) is 0.298. The van der Waals surface area contributed by atoms with E-state index in [1.807, 2.05) is 0 Å². The third kappa shape index (κ3) is 3.44. The topological polar surface area (TPSA) is 111 Å². The summed E-state index contributed by atoms with van der Waals surface area (Å²) in [4.78, 5) is 53.1. The normalized spacial score (nSPS) is 20.5. The van der Waals surface area contributed by atoms with Gasteiger partial charge < -0.3 is 20.1 Å². The summed E-state index contributed by atoms with van der Waals surface area (Å²) >= 11 is 0. The van der Waals surface area contributed by atoms with E-state index in [0.717, 1.165) is 30.4 Å². The molecule has 5 aliphatic carbocycles.